The zero-order valence-corrected chi connectivity index (χ0v) is 14.5. The average Bonchev–Trinajstić information content (AvgIpc) is 3.26. The van der Waals surface area contributed by atoms with Gasteiger partial charge in [-0.05, 0) is 44.5 Å². The molecule has 3 amide bonds. The first-order valence-corrected chi connectivity index (χ1v) is 8.37. The highest BCUT2D eigenvalue weighted by molar-refractivity contribution is 6.06. The molecule has 2 aromatic heterocycles. The second-order valence-corrected chi connectivity index (χ2v) is 6.73. The molecule has 0 aromatic carbocycles. The second kappa shape index (κ2) is 7.14. The lowest BCUT2D eigenvalue weighted by atomic mass is 10.1. The Bertz CT molecular complexity index is 671. The number of carbonyl (C=O) groups excluding carboxylic acids is 2. The lowest BCUT2D eigenvalue weighted by Gasteiger charge is -2.21. The van der Waals surface area contributed by atoms with E-state index in [1.807, 2.05) is 24.3 Å². The summed E-state index contributed by atoms with van der Waals surface area (Å²) in [7, 11) is 0. The average molecular weight is 345 g/mol. The largest absolute Gasteiger partial charge is 0.468 e. The van der Waals surface area contributed by atoms with Crippen molar-refractivity contribution < 1.29 is 18.4 Å². The van der Waals surface area contributed by atoms with E-state index >= 15 is 0 Å². The fourth-order valence-corrected chi connectivity index (χ4v) is 2.93. The van der Waals surface area contributed by atoms with Crippen molar-refractivity contribution in [1.29, 1.82) is 0 Å². The number of hydrogen-bond acceptors (Lipinski definition) is 5. The van der Waals surface area contributed by atoms with Crippen LogP contribution in [0.3, 0.4) is 0 Å². The number of nitrogens with one attached hydrogen (secondary N) is 1. The van der Waals surface area contributed by atoms with Gasteiger partial charge in [-0.1, -0.05) is 0 Å². The fourth-order valence-electron chi connectivity index (χ4n) is 2.93. The number of amides is 3. The number of imide groups is 1. The maximum absolute atomic E-state index is 12.2. The van der Waals surface area contributed by atoms with Gasteiger partial charge >= 0.3 is 6.03 Å². The molecule has 7 nitrogen and oxygen atoms in total. The van der Waals surface area contributed by atoms with Gasteiger partial charge in [-0.25, -0.2) is 4.79 Å². The van der Waals surface area contributed by atoms with E-state index in [-0.39, 0.29) is 11.9 Å². The van der Waals surface area contributed by atoms with Gasteiger partial charge in [-0.2, -0.15) is 0 Å². The lowest BCUT2D eigenvalue weighted by Crippen LogP contribution is -2.40. The Morgan fingerprint density at radius 3 is 2.12 bits per heavy atom. The number of urea groups is 1. The van der Waals surface area contributed by atoms with Crippen molar-refractivity contribution in [2.24, 2.45) is 0 Å². The van der Waals surface area contributed by atoms with Crippen molar-refractivity contribution in [2.75, 3.05) is 13.1 Å². The number of rotatable bonds is 8. The van der Waals surface area contributed by atoms with Crippen LogP contribution in [0.5, 0.6) is 0 Å². The van der Waals surface area contributed by atoms with Crippen molar-refractivity contribution >= 4 is 11.9 Å². The van der Waals surface area contributed by atoms with Crippen molar-refractivity contribution in [3.05, 3.63) is 48.3 Å². The van der Waals surface area contributed by atoms with Crippen LogP contribution < -0.4 is 5.32 Å². The van der Waals surface area contributed by atoms with Gasteiger partial charge in [0.1, 0.15) is 17.1 Å². The molecule has 2 aromatic rings. The molecule has 1 saturated heterocycles. The van der Waals surface area contributed by atoms with Gasteiger partial charge in [0, 0.05) is 13.1 Å². The predicted molar refractivity (Wildman–Crippen MR) is 90.5 cm³/mol. The van der Waals surface area contributed by atoms with Crippen LogP contribution >= 0.6 is 0 Å². The molecule has 0 saturated carbocycles. The Morgan fingerprint density at radius 1 is 1.08 bits per heavy atom. The van der Waals surface area contributed by atoms with Gasteiger partial charge in [0.25, 0.3) is 5.91 Å². The molecule has 3 rings (SSSR count). The maximum atomic E-state index is 12.2. The second-order valence-electron chi connectivity index (χ2n) is 6.73. The van der Waals surface area contributed by atoms with E-state index in [1.54, 1.807) is 26.4 Å². The van der Waals surface area contributed by atoms with Crippen molar-refractivity contribution in [2.45, 2.75) is 38.9 Å². The molecular weight excluding hydrogens is 322 g/mol. The van der Waals surface area contributed by atoms with Gasteiger partial charge in [0.2, 0.25) is 0 Å². The van der Waals surface area contributed by atoms with Crippen LogP contribution in [0.15, 0.2) is 45.6 Å². The molecular formula is C18H23N3O4. The Labute approximate surface area is 146 Å². The van der Waals surface area contributed by atoms with E-state index in [0.717, 1.165) is 11.5 Å². The highest BCUT2D eigenvalue weighted by atomic mass is 16.3. The van der Waals surface area contributed by atoms with Crippen LogP contribution in [0, 0.1) is 0 Å². The third-order valence-electron chi connectivity index (χ3n) is 4.22. The predicted octanol–water partition coefficient (Wildman–Crippen LogP) is 2.60. The third-order valence-corrected chi connectivity index (χ3v) is 4.22. The summed E-state index contributed by atoms with van der Waals surface area (Å²) in [5.41, 5.74) is -0.820. The molecule has 0 spiro atoms. The zero-order valence-electron chi connectivity index (χ0n) is 14.5. The van der Waals surface area contributed by atoms with Crippen LogP contribution in [0.4, 0.5) is 4.79 Å². The molecule has 0 atom stereocenters. The summed E-state index contributed by atoms with van der Waals surface area (Å²) in [6, 6.07) is 7.24. The number of hydrogen-bond donors (Lipinski definition) is 1. The first-order chi connectivity index (χ1) is 12.0. The van der Waals surface area contributed by atoms with Gasteiger partial charge in [-0.15, -0.1) is 0 Å². The van der Waals surface area contributed by atoms with Crippen LogP contribution in [0.25, 0.3) is 0 Å². The molecule has 25 heavy (non-hydrogen) atoms. The van der Waals surface area contributed by atoms with Gasteiger partial charge in [-0.3, -0.25) is 14.6 Å². The Hall–Kier alpha value is -2.54. The normalized spacial score (nSPS) is 16.7. The third kappa shape index (κ3) is 4.11. The van der Waals surface area contributed by atoms with Crippen LogP contribution in [0.1, 0.15) is 31.8 Å². The molecule has 0 bridgehead atoms. The molecule has 1 fully saturated rings. The summed E-state index contributed by atoms with van der Waals surface area (Å²) >= 11 is 0. The summed E-state index contributed by atoms with van der Waals surface area (Å²) in [5.74, 6) is 1.55. The Balaban J connectivity index is 1.57. The maximum Gasteiger partial charge on any atom is 0.325 e. The Morgan fingerprint density at radius 2 is 1.68 bits per heavy atom. The topological polar surface area (TPSA) is 78.9 Å². The number of furan rings is 2. The standard InChI is InChI=1S/C18H23N3O4/c1-18(2)16(22)21(17(23)19-18)9-5-8-20(12-14-6-3-10-24-14)13-15-7-4-11-25-15/h3-4,6-7,10-11H,5,8-9,12-13H2,1-2H3,(H,19,23). The highest BCUT2D eigenvalue weighted by Gasteiger charge is 2.43. The smallest absolute Gasteiger partial charge is 0.325 e. The minimum absolute atomic E-state index is 0.180. The zero-order chi connectivity index (χ0) is 17.9. The van der Waals surface area contributed by atoms with Gasteiger partial charge in [0.15, 0.2) is 0 Å². The SMILES string of the molecule is CC1(C)NC(=O)N(CCCN(Cc2ccco2)Cc2ccco2)C1=O. The van der Waals surface area contributed by atoms with E-state index in [1.165, 1.54) is 4.90 Å². The minimum Gasteiger partial charge on any atom is -0.468 e. The first-order valence-electron chi connectivity index (χ1n) is 8.37. The summed E-state index contributed by atoms with van der Waals surface area (Å²) in [5, 5.41) is 2.70. The minimum atomic E-state index is -0.820. The lowest BCUT2D eigenvalue weighted by molar-refractivity contribution is -0.130. The summed E-state index contributed by atoms with van der Waals surface area (Å²) in [4.78, 5) is 27.6. The van der Waals surface area contributed by atoms with E-state index in [2.05, 4.69) is 10.2 Å². The number of carbonyl (C=O) groups is 2. The monoisotopic (exact) mass is 345 g/mol. The number of nitrogens with zero attached hydrogens (tertiary/aromatic N) is 2. The summed E-state index contributed by atoms with van der Waals surface area (Å²) < 4.78 is 10.8. The van der Waals surface area contributed by atoms with E-state index in [4.69, 9.17) is 8.83 Å². The van der Waals surface area contributed by atoms with Crippen LogP contribution in [0.2, 0.25) is 0 Å². The first kappa shape index (κ1) is 17.3. The Kier molecular flexibility index (Phi) is 4.94. The quantitative estimate of drug-likeness (QED) is 0.744. The molecule has 0 unspecified atom stereocenters. The molecule has 7 heteroatoms. The summed E-state index contributed by atoms with van der Waals surface area (Å²) in [6.07, 6.45) is 3.97. The molecule has 0 radical (unpaired) electrons. The van der Waals surface area contributed by atoms with E-state index in [0.29, 0.717) is 32.6 Å². The van der Waals surface area contributed by atoms with Crippen LogP contribution in [-0.4, -0.2) is 40.4 Å². The molecule has 1 aliphatic rings. The van der Waals surface area contributed by atoms with Crippen molar-refractivity contribution in [1.82, 2.24) is 15.1 Å². The van der Waals surface area contributed by atoms with Crippen LogP contribution in [-0.2, 0) is 17.9 Å². The molecule has 0 aliphatic carbocycles. The van der Waals surface area contributed by atoms with E-state index in [9.17, 15) is 9.59 Å². The van der Waals surface area contributed by atoms with Gasteiger partial charge < -0.3 is 14.2 Å². The molecule has 1 aliphatic heterocycles. The van der Waals surface area contributed by atoms with Crippen molar-refractivity contribution in [3.63, 3.8) is 0 Å². The molecule has 3 heterocycles. The van der Waals surface area contributed by atoms with Crippen molar-refractivity contribution in [3.8, 4) is 0 Å². The molecule has 1 N–H and O–H groups in total. The highest BCUT2D eigenvalue weighted by Crippen LogP contribution is 2.17. The fraction of sp³-hybridized carbons (Fsp3) is 0.444. The van der Waals surface area contributed by atoms with E-state index < -0.39 is 5.54 Å². The van der Waals surface area contributed by atoms with Gasteiger partial charge in [0.05, 0.1) is 25.6 Å². The molecule has 134 valence electrons. The summed E-state index contributed by atoms with van der Waals surface area (Å²) in [6.45, 7) is 5.80.